The molecule has 0 fully saturated rings. The van der Waals surface area contributed by atoms with E-state index in [1.165, 1.54) is 0 Å². The zero-order valence-corrected chi connectivity index (χ0v) is 8.22. The Bertz CT molecular complexity index is 247. The predicted octanol–water partition coefficient (Wildman–Crippen LogP) is 2.55. The molecule has 2 aliphatic carbocycles. The Labute approximate surface area is 82.0 Å². The fourth-order valence-corrected chi connectivity index (χ4v) is 2.51. The second-order valence-electron chi connectivity index (χ2n) is 3.19. The van der Waals surface area contributed by atoms with Crippen molar-refractivity contribution in [3.63, 3.8) is 0 Å². The van der Waals surface area contributed by atoms with E-state index in [1.54, 1.807) is 7.11 Å². The number of hydrogen-bond donors (Lipinski definition) is 0. The minimum atomic E-state index is -0.105. The van der Waals surface area contributed by atoms with E-state index in [-0.39, 0.29) is 17.4 Å². The van der Waals surface area contributed by atoms with Crippen LogP contribution in [0.25, 0.3) is 0 Å². The second-order valence-corrected chi connectivity index (χ2v) is 4.10. The van der Waals surface area contributed by atoms with Crippen LogP contribution in [0.2, 0.25) is 0 Å². The summed E-state index contributed by atoms with van der Waals surface area (Å²) in [5.74, 6) is 0.571. The summed E-state index contributed by atoms with van der Waals surface area (Å²) >= 11 is 12.1. The topological polar surface area (TPSA) is 9.23 Å². The molecule has 0 aromatic rings. The van der Waals surface area contributed by atoms with Gasteiger partial charge in [-0.25, -0.2) is 0 Å². The first-order valence-corrected chi connectivity index (χ1v) is 4.78. The summed E-state index contributed by atoms with van der Waals surface area (Å²) in [5, 5.41) is 0.650. The van der Waals surface area contributed by atoms with Crippen molar-refractivity contribution in [2.45, 2.75) is 11.5 Å². The number of allylic oxidation sites excluding steroid dienone is 1. The summed E-state index contributed by atoms with van der Waals surface area (Å²) in [6.07, 6.45) is 6.38. The maximum Gasteiger partial charge on any atom is 0.0776 e. The van der Waals surface area contributed by atoms with Gasteiger partial charge in [0.05, 0.1) is 11.5 Å². The highest BCUT2D eigenvalue weighted by Crippen LogP contribution is 2.41. The predicted molar refractivity (Wildman–Crippen MR) is 50.5 cm³/mol. The number of hydrogen-bond acceptors (Lipinski definition) is 1. The molecule has 2 bridgehead atoms. The number of halogens is 2. The fraction of sp³-hybridized carbons (Fsp3) is 0.556. The van der Waals surface area contributed by atoms with E-state index in [2.05, 4.69) is 12.2 Å². The Morgan fingerprint density at radius 2 is 2.17 bits per heavy atom. The van der Waals surface area contributed by atoms with Crippen LogP contribution in [-0.2, 0) is 4.74 Å². The highest BCUT2D eigenvalue weighted by molar-refractivity contribution is 6.37. The number of ether oxygens (including phenoxy) is 1. The van der Waals surface area contributed by atoms with E-state index >= 15 is 0 Å². The maximum atomic E-state index is 6.10. The van der Waals surface area contributed by atoms with Crippen LogP contribution in [0.15, 0.2) is 23.3 Å². The van der Waals surface area contributed by atoms with Gasteiger partial charge < -0.3 is 4.74 Å². The van der Waals surface area contributed by atoms with Crippen molar-refractivity contribution in [1.29, 1.82) is 0 Å². The van der Waals surface area contributed by atoms with Gasteiger partial charge in [0, 0.05) is 24.0 Å². The number of alkyl halides is 1. The zero-order valence-electron chi connectivity index (χ0n) is 6.71. The number of rotatable bonds is 1. The Kier molecular flexibility index (Phi) is 2.19. The van der Waals surface area contributed by atoms with Crippen LogP contribution in [0.1, 0.15) is 0 Å². The first kappa shape index (κ1) is 8.61. The quantitative estimate of drug-likeness (QED) is 0.472. The molecule has 66 valence electrons. The monoisotopic (exact) mass is 204 g/mol. The van der Waals surface area contributed by atoms with Gasteiger partial charge in [-0.05, 0) is 0 Å². The summed E-state index contributed by atoms with van der Waals surface area (Å²) in [6, 6.07) is 0. The molecule has 12 heavy (non-hydrogen) atoms. The molecular weight excluding hydrogens is 195 g/mol. The van der Waals surface area contributed by atoms with E-state index in [1.807, 2.05) is 6.08 Å². The molecule has 0 aliphatic heterocycles. The van der Waals surface area contributed by atoms with Crippen molar-refractivity contribution >= 4 is 23.2 Å². The van der Waals surface area contributed by atoms with Crippen LogP contribution < -0.4 is 0 Å². The first-order valence-electron chi connectivity index (χ1n) is 3.96. The maximum absolute atomic E-state index is 6.10. The summed E-state index contributed by atoms with van der Waals surface area (Å²) in [4.78, 5) is 0. The van der Waals surface area contributed by atoms with Crippen LogP contribution in [0.4, 0.5) is 0 Å². The first-order chi connectivity index (χ1) is 5.74. The van der Waals surface area contributed by atoms with E-state index < -0.39 is 0 Å². The van der Waals surface area contributed by atoms with E-state index in [0.717, 1.165) is 5.03 Å². The molecule has 3 heteroatoms. The van der Waals surface area contributed by atoms with Crippen LogP contribution in [-0.4, -0.2) is 18.6 Å². The lowest BCUT2D eigenvalue weighted by molar-refractivity contribution is 0.0556. The average molecular weight is 205 g/mol. The molecule has 0 heterocycles. The highest BCUT2D eigenvalue weighted by atomic mass is 35.5. The van der Waals surface area contributed by atoms with Crippen molar-refractivity contribution in [3.8, 4) is 0 Å². The summed E-state index contributed by atoms with van der Waals surface area (Å²) in [6.45, 7) is 0. The van der Waals surface area contributed by atoms with Crippen LogP contribution in [0, 0.1) is 11.8 Å². The van der Waals surface area contributed by atoms with Crippen molar-refractivity contribution in [1.82, 2.24) is 0 Å². The smallest absolute Gasteiger partial charge is 0.0776 e. The van der Waals surface area contributed by atoms with Gasteiger partial charge in [0.2, 0.25) is 0 Å². The lowest BCUT2D eigenvalue weighted by Crippen LogP contribution is -2.33. The van der Waals surface area contributed by atoms with Gasteiger partial charge in [-0.15, -0.1) is 11.6 Å². The van der Waals surface area contributed by atoms with Gasteiger partial charge in [0.15, 0.2) is 0 Å². The van der Waals surface area contributed by atoms with Crippen molar-refractivity contribution in [2.24, 2.45) is 11.8 Å². The molecule has 0 saturated carbocycles. The molecule has 0 N–H and O–H groups in total. The molecule has 0 spiro atoms. The number of methoxy groups -OCH3 is 1. The lowest BCUT2D eigenvalue weighted by atomic mass is 9.90. The van der Waals surface area contributed by atoms with Crippen molar-refractivity contribution in [2.75, 3.05) is 7.11 Å². The van der Waals surface area contributed by atoms with E-state index in [9.17, 15) is 0 Å². The van der Waals surface area contributed by atoms with Crippen molar-refractivity contribution in [3.05, 3.63) is 23.3 Å². The molecule has 2 rings (SSSR count). The van der Waals surface area contributed by atoms with Gasteiger partial charge in [-0.3, -0.25) is 0 Å². The molecule has 0 saturated heterocycles. The SMILES string of the molecule is COC1[C@H]2C=C[C@@H]1[C@@H](Cl)C(Cl)=C2. The molecule has 0 aromatic heterocycles. The van der Waals surface area contributed by atoms with Crippen LogP contribution >= 0.6 is 23.2 Å². The third-order valence-electron chi connectivity index (χ3n) is 2.54. The van der Waals surface area contributed by atoms with Gasteiger partial charge in [-0.1, -0.05) is 29.8 Å². The van der Waals surface area contributed by atoms with Crippen LogP contribution in [0.3, 0.4) is 0 Å². The van der Waals surface area contributed by atoms with E-state index in [4.69, 9.17) is 27.9 Å². The second kappa shape index (κ2) is 3.06. The standard InChI is InChI=1S/C9H10Cl2O/c1-12-9-5-2-3-6(9)8(11)7(10)4-5/h2-6,8-9H,1H3/t5-,6+,8+,9?/m0/s1. The molecule has 4 atom stereocenters. The molecule has 1 nitrogen and oxygen atoms in total. The van der Waals surface area contributed by atoms with Gasteiger partial charge in [-0.2, -0.15) is 0 Å². The molecular formula is C9H10Cl2O. The average Bonchev–Trinajstić information content (AvgIpc) is 2.39. The normalized spacial score (nSPS) is 44.8. The Morgan fingerprint density at radius 3 is 2.83 bits per heavy atom. The van der Waals surface area contributed by atoms with Gasteiger partial charge in [0.25, 0.3) is 0 Å². The molecule has 0 aromatic carbocycles. The largest absolute Gasteiger partial charge is 0.380 e. The minimum Gasteiger partial charge on any atom is -0.380 e. The Hall–Kier alpha value is 0.0200. The molecule has 2 aliphatic rings. The fourth-order valence-electron chi connectivity index (χ4n) is 1.92. The third-order valence-corrected chi connectivity index (χ3v) is 3.54. The van der Waals surface area contributed by atoms with Crippen molar-refractivity contribution < 1.29 is 4.74 Å². The summed E-state index contributed by atoms with van der Waals surface area (Å²) in [5.41, 5.74) is 0. The van der Waals surface area contributed by atoms with Crippen LogP contribution in [0.5, 0.6) is 0 Å². The minimum absolute atomic E-state index is 0.105. The van der Waals surface area contributed by atoms with E-state index in [0.29, 0.717) is 5.92 Å². The molecule has 1 unspecified atom stereocenters. The summed E-state index contributed by atoms with van der Waals surface area (Å²) < 4.78 is 5.35. The van der Waals surface area contributed by atoms with Gasteiger partial charge >= 0.3 is 0 Å². The zero-order chi connectivity index (χ0) is 8.72. The Morgan fingerprint density at radius 1 is 1.42 bits per heavy atom. The molecule has 0 radical (unpaired) electrons. The number of fused-ring (bicyclic) bond motifs is 2. The third kappa shape index (κ3) is 1.12. The highest BCUT2D eigenvalue weighted by Gasteiger charge is 2.40. The summed E-state index contributed by atoms with van der Waals surface area (Å²) in [7, 11) is 1.72. The Balaban J connectivity index is 2.30. The van der Waals surface area contributed by atoms with Gasteiger partial charge in [0.1, 0.15) is 0 Å². The lowest BCUT2D eigenvalue weighted by Gasteiger charge is -2.30. The molecule has 0 amide bonds.